The quantitative estimate of drug-likeness (QED) is 0.279. The first-order valence-electron chi connectivity index (χ1n) is 12.6. The van der Waals surface area contributed by atoms with Gasteiger partial charge in [0, 0.05) is 19.5 Å². The number of amides is 2. The molecule has 5 nitrogen and oxygen atoms in total. The predicted octanol–water partition coefficient (Wildman–Crippen LogP) is 6.66. The standard InChI is InChI=1S/C30H34Cl2N2O3/c1-4-16-33-30(36)28(18-22-8-6-5-7-9-22)34(19-23-10-15-26(31)27(32)17-23)29(35)20-37-25-13-11-24(12-14-25)21(2)3/h5-15,17,21,28H,4,16,18-20H2,1-3H3,(H,33,36)/t28-/m1/s1. The van der Waals surface area contributed by atoms with Gasteiger partial charge >= 0.3 is 0 Å². The zero-order chi connectivity index (χ0) is 26.8. The fourth-order valence-electron chi connectivity index (χ4n) is 3.93. The molecule has 196 valence electrons. The van der Waals surface area contributed by atoms with Crippen LogP contribution in [0.1, 0.15) is 49.8 Å². The van der Waals surface area contributed by atoms with Gasteiger partial charge in [0.25, 0.3) is 5.91 Å². The number of nitrogens with zero attached hydrogens (tertiary/aromatic N) is 1. The first-order valence-corrected chi connectivity index (χ1v) is 13.3. The Balaban J connectivity index is 1.88. The Hall–Kier alpha value is -3.02. The van der Waals surface area contributed by atoms with Crippen molar-refractivity contribution in [3.63, 3.8) is 0 Å². The Labute approximate surface area is 229 Å². The SMILES string of the molecule is CCCNC(=O)[C@@H](Cc1ccccc1)N(Cc1ccc(Cl)c(Cl)c1)C(=O)COc1ccc(C(C)C)cc1. The average Bonchev–Trinajstić information content (AvgIpc) is 2.90. The van der Waals surface area contributed by atoms with Crippen molar-refractivity contribution in [2.75, 3.05) is 13.2 Å². The fraction of sp³-hybridized carbons (Fsp3) is 0.333. The summed E-state index contributed by atoms with van der Waals surface area (Å²) in [6.45, 7) is 6.74. The van der Waals surface area contributed by atoms with Crippen LogP contribution in [0.25, 0.3) is 0 Å². The van der Waals surface area contributed by atoms with Gasteiger partial charge in [0.15, 0.2) is 6.61 Å². The third kappa shape index (κ3) is 8.51. The number of rotatable bonds is 12. The fourth-order valence-corrected chi connectivity index (χ4v) is 4.25. The molecule has 0 spiro atoms. The Morgan fingerprint density at radius 2 is 1.62 bits per heavy atom. The van der Waals surface area contributed by atoms with Gasteiger partial charge in [0.05, 0.1) is 10.0 Å². The van der Waals surface area contributed by atoms with Crippen molar-refractivity contribution in [3.05, 3.63) is 99.5 Å². The molecule has 1 N–H and O–H groups in total. The smallest absolute Gasteiger partial charge is 0.261 e. The van der Waals surface area contributed by atoms with E-state index in [0.29, 0.717) is 34.7 Å². The zero-order valence-corrected chi connectivity index (χ0v) is 23.1. The summed E-state index contributed by atoms with van der Waals surface area (Å²) in [5.41, 5.74) is 2.91. The maximum atomic E-state index is 13.6. The van der Waals surface area contributed by atoms with Gasteiger partial charge in [-0.2, -0.15) is 0 Å². The molecular formula is C30H34Cl2N2O3. The lowest BCUT2D eigenvalue weighted by Crippen LogP contribution is -2.51. The van der Waals surface area contributed by atoms with E-state index < -0.39 is 6.04 Å². The number of halogens is 2. The molecule has 3 aromatic carbocycles. The molecule has 0 heterocycles. The van der Waals surface area contributed by atoms with Crippen molar-refractivity contribution in [1.29, 1.82) is 0 Å². The van der Waals surface area contributed by atoms with Crippen LogP contribution in [0.3, 0.4) is 0 Å². The van der Waals surface area contributed by atoms with Crippen LogP contribution in [-0.4, -0.2) is 35.9 Å². The number of hydrogen-bond acceptors (Lipinski definition) is 3. The maximum Gasteiger partial charge on any atom is 0.261 e. The van der Waals surface area contributed by atoms with Gasteiger partial charge in [0.2, 0.25) is 5.91 Å². The molecule has 0 aliphatic carbocycles. The van der Waals surface area contributed by atoms with Crippen LogP contribution in [0, 0.1) is 0 Å². The second-order valence-electron chi connectivity index (χ2n) is 9.28. The topological polar surface area (TPSA) is 58.6 Å². The molecule has 0 bridgehead atoms. The molecule has 3 rings (SSSR count). The van der Waals surface area contributed by atoms with Gasteiger partial charge in [-0.3, -0.25) is 9.59 Å². The monoisotopic (exact) mass is 540 g/mol. The number of benzene rings is 3. The predicted molar refractivity (Wildman–Crippen MR) is 150 cm³/mol. The normalized spacial score (nSPS) is 11.7. The van der Waals surface area contributed by atoms with Crippen LogP contribution in [0.2, 0.25) is 10.0 Å². The first kappa shape index (κ1) is 28.5. The van der Waals surface area contributed by atoms with Gasteiger partial charge in [-0.05, 0) is 53.3 Å². The molecular weight excluding hydrogens is 507 g/mol. The van der Waals surface area contributed by atoms with Crippen LogP contribution in [0.15, 0.2) is 72.8 Å². The Morgan fingerprint density at radius 3 is 2.24 bits per heavy atom. The van der Waals surface area contributed by atoms with Gasteiger partial charge in [-0.15, -0.1) is 0 Å². The van der Waals surface area contributed by atoms with E-state index in [9.17, 15) is 9.59 Å². The van der Waals surface area contributed by atoms with E-state index in [1.807, 2.05) is 67.6 Å². The molecule has 0 aliphatic rings. The summed E-state index contributed by atoms with van der Waals surface area (Å²) in [5.74, 6) is 0.493. The minimum absolute atomic E-state index is 0.183. The molecule has 0 aliphatic heterocycles. The summed E-state index contributed by atoms with van der Waals surface area (Å²) < 4.78 is 5.86. The van der Waals surface area contributed by atoms with E-state index in [1.165, 1.54) is 5.56 Å². The van der Waals surface area contributed by atoms with Gasteiger partial charge in [-0.1, -0.05) is 92.5 Å². The number of carbonyl (C=O) groups excluding carboxylic acids is 2. The molecule has 0 aromatic heterocycles. The van der Waals surface area contributed by atoms with Crippen molar-refractivity contribution in [2.45, 2.75) is 52.1 Å². The molecule has 0 saturated heterocycles. The highest BCUT2D eigenvalue weighted by atomic mass is 35.5. The third-order valence-electron chi connectivity index (χ3n) is 6.07. The Kier molecular flexibility index (Phi) is 10.8. The number of nitrogens with one attached hydrogen (secondary N) is 1. The lowest BCUT2D eigenvalue weighted by atomic mass is 10.0. The zero-order valence-electron chi connectivity index (χ0n) is 21.5. The molecule has 0 fully saturated rings. The largest absolute Gasteiger partial charge is 0.484 e. The minimum Gasteiger partial charge on any atom is -0.484 e. The first-order chi connectivity index (χ1) is 17.8. The Bertz CT molecular complexity index is 1170. The van der Waals surface area contributed by atoms with Crippen molar-refractivity contribution in [3.8, 4) is 5.75 Å². The second-order valence-corrected chi connectivity index (χ2v) is 10.1. The van der Waals surface area contributed by atoms with E-state index >= 15 is 0 Å². The second kappa shape index (κ2) is 14.1. The molecule has 7 heteroatoms. The molecule has 37 heavy (non-hydrogen) atoms. The van der Waals surface area contributed by atoms with Crippen LogP contribution in [0.4, 0.5) is 0 Å². The lowest BCUT2D eigenvalue weighted by Gasteiger charge is -2.31. The molecule has 0 unspecified atom stereocenters. The molecule has 1 atom stereocenters. The van der Waals surface area contributed by atoms with E-state index in [2.05, 4.69) is 19.2 Å². The maximum absolute atomic E-state index is 13.6. The van der Waals surface area contributed by atoms with Crippen molar-refractivity contribution >= 4 is 35.0 Å². The van der Waals surface area contributed by atoms with Gasteiger partial charge in [-0.25, -0.2) is 0 Å². The van der Waals surface area contributed by atoms with Crippen molar-refractivity contribution < 1.29 is 14.3 Å². The van der Waals surface area contributed by atoms with Crippen LogP contribution in [-0.2, 0) is 22.6 Å². The number of hydrogen-bond donors (Lipinski definition) is 1. The lowest BCUT2D eigenvalue weighted by molar-refractivity contribution is -0.142. The van der Waals surface area contributed by atoms with E-state index in [0.717, 1.165) is 17.5 Å². The summed E-state index contributed by atoms with van der Waals surface area (Å²) in [6, 6.07) is 21.9. The van der Waals surface area contributed by atoms with E-state index in [-0.39, 0.29) is 25.0 Å². The number of carbonyl (C=O) groups is 2. The minimum atomic E-state index is -0.733. The summed E-state index contributed by atoms with van der Waals surface area (Å²) in [4.78, 5) is 28.5. The molecule has 2 amide bonds. The highest BCUT2D eigenvalue weighted by molar-refractivity contribution is 6.42. The molecule has 0 saturated carbocycles. The van der Waals surface area contributed by atoms with Crippen molar-refractivity contribution in [1.82, 2.24) is 10.2 Å². The highest BCUT2D eigenvalue weighted by Crippen LogP contribution is 2.25. The van der Waals surface area contributed by atoms with Crippen LogP contribution >= 0.6 is 23.2 Å². The summed E-state index contributed by atoms with van der Waals surface area (Å²) >= 11 is 12.4. The average molecular weight is 542 g/mol. The molecule has 0 radical (unpaired) electrons. The summed E-state index contributed by atoms with van der Waals surface area (Å²) in [6.07, 6.45) is 1.16. The summed E-state index contributed by atoms with van der Waals surface area (Å²) in [7, 11) is 0. The highest BCUT2D eigenvalue weighted by Gasteiger charge is 2.30. The van der Waals surface area contributed by atoms with Crippen LogP contribution < -0.4 is 10.1 Å². The van der Waals surface area contributed by atoms with Gasteiger partial charge in [0.1, 0.15) is 11.8 Å². The van der Waals surface area contributed by atoms with E-state index in [1.54, 1.807) is 17.0 Å². The number of ether oxygens (including phenoxy) is 1. The molecule has 3 aromatic rings. The van der Waals surface area contributed by atoms with E-state index in [4.69, 9.17) is 27.9 Å². The van der Waals surface area contributed by atoms with Crippen LogP contribution in [0.5, 0.6) is 5.75 Å². The van der Waals surface area contributed by atoms with Gasteiger partial charge < -0.3 is 15.0 Å². The Morgan fingerprint density at radius 1 is 0.919 bits per heavy atom. The summed E-state index contributed by atoms with van der Waals surface area (Å²) in [5, 5.41) is 3.78. The third-order valence-corrected chi connectivity index (χ3v) is 6.81. The van der Waals surface area contributed by atoms with Crippen molar-refractivity contribution in [2.24, 2.45) is 0 Å².